The van der Waals surface area contributed by atoms with E-state index in [1.54, 1.807) is 0 Å². The molecular formula is C21H24ClN3O. The van der Waals surface area contributed by atoms with E-state index in [1.165, 1.54) is 6.21 Å². The van der Waals surface area contributed by atoms with Crippen LogP contribution in [0.15, 0.2) is 40.7 Å². The second kappa shape index (κ2) is 8.77. The van der Waals surface area contributed by atoms with Crippen LogP contribution in [0.25, 0.3) is 11.1 Å². The second-order valence-electron chi connectivity index (χ2n) is 6.27. The average Bonchev–Trinajstić information content (AvgIpc) is 2.63. The van der Waals surface area contributed by atoms with Gasteiger partial charge in [-0.15, -0.1) is 0 Å². The molecule has 0 bridgehead atoms. The van der Waals surface area contributed by atoms with Crippen LogP contribution in [0.5, 0.6) is 0 Å². The smallest absolute Gasteiger partial charge is 0.272 e. The van der Waals surface area contributed by atoms with E-state index in [0.717, 1.165) is 33.5 Å². The van der Waals surface area contributed by atoms with Crippen LogP contribution >= 0.6 is 11.6 Å². The lowest BCUT2D eigenvalue weighted by Crippen LogP contribution is -2.16. The Balaban J connectivity index is 2.60. The summed E-state index contributed by atoms with van der Waals surface area (Å²) in [5.41, 5.74) is 5.77. The van der Waals surface area contributed by atoms with Crippen LogP contribution in [0.4, 0.5) is 0 Å². The molecule has 2 N–H and O–H groups in total. The van der Waals surface area contributed by atoms with Gasteiger partial charge in [-0.25, -0.2) is 5.10 Å². The number of H-pyrrole nitrogens is 1. The van der Waals surface area contributed by atoms with Crippen molar-refractivity contribution in [2.75, 3.05) is 0 Å². The third-order valence-electron chi connectivity index (χ3n) is 4.54. The molecule has 0 aliphatic rings. The SMILES string of the molecule is C/C=C\C=C(/C=N)CCc1c(Cl)ccc(C)c1-c1c(C)c(C)n[nH]c1=O. The number of aromatic amines is 1. The molecule has 0 fully saturated rings. The summed E-state index contributed by atoms with van der Waals surface area (Å²) in [6.07, 6.45) is 8.44. The first-order valence-corrected chi connectivity index (χ1v) is 8.95. The number of hydrogen-bond acceptors (Lipinski definition) is 3. The Bertz CT molecular complexity index is 939. The Labute approximate surface area is 159 Å². The Hall–Kier alpha value is -2.46. The Morgan fingerprint density at radius 3 is 2.65 bits per heavy atom. The van der Waals surface area contributed by atoms with Gasteiger partial charge in [-0.3, -0.25) is 4.79 Å². The number of aryl methyl sites for hydroxylation is 2. The molecule has 0 aliphatic carbocycles. The predicted molar refractivity (Wildman–Crippen MR) is 110 cm³/mol. The van der Waals surface area contributed by atoms with Gasteiger partial charge in [0.2, 0.25) is 0 Å². The molecule has 5 heteroatoms. The maximum atomic E-state index is 12.5. The van der Waals surface area contributed by atoms with Crippen molar-refractivity contribution in [2.45, 2.75) is 40.5 Å². The molecule has 26 heavy (non-hydrogen) atoms. The summed E-state index contributed by atoms with van der Waals surface area (Å²) in [5.74, 6) is 0. The van der Waals surface area contributed by atoms with Crippen molar-refractivity contribution in [2.24, 2.45) is 0 Å². The highest BCUT2D eigenvalue weighted by molar-refractivity contribution is 6.31. The number of allylic oxidation sites excluding steroid dienone is 4. The van der Waals surface area contributed by atoms with Crippen molar-refractivity contribution >= 4 is 17.8 Å². The highest BCUT2D eigenvalue weighted by Gasteiger charge is 2.18. The lowest BCUT2D eigenvalue weighted by Gasteiger charge is -2.17. The Morgan fingerprint density at radius 2 is 2.00 bits per heavy atom. The molecule has 136 valence electrons. The van der Waals surface area contributed by atoms with Crippen LogP contribution in [0, 0.1) is 26.2 Å². The van der Waals surface area contributed by atoms with Crippen LogP contribution in [-0.4, -0.2) is 16.4 Å². The van der Waals surface area contributed by atoms with Crippen LogP contribution < -0.4 is 5.56 Å². The van der Waals surface area contributed by atoms with E-state index in [0.29, 0.717) is 23.4 Å². The molecule has 2 rings (SSSR count). The van der Waals surface area contributed by atoms with Gasteiger partial charge in [-0.05, 0) is 74.4 Å². The fourth-order valence-corrected chi connectivity index (χ4v) is 3.20. The molecule has 0 radical (unpaired) electrons. The molecule has 2 aromatic rings. The van der Waals surface area contributed by atoms with Gasteiger partial charge >= 0.3 is 0 Å². The number of hydrogen-bond donors (Lipinski definition) is 2. The fraction of sp³-hybridized carbons (Fsp3) is 0.286. The number of nitrogens with zero attached hydrogens (tertiary/aromatic N) is 1. The van der Waals surface area contributed by atoms with E-state index >= 15 is 0 Å². The van der Waals surface area contributed by atoms with Gasteiger partial charge in [0, 0.05) is 11.2 Å². The van der Waals surface area contributed by atoms with E-state index in [2.05, 4.69) is 10.2 Å². The van der Waals surface area contributed by atoms with Gasteiger partial charge < -0.3 is 5.41 Å². The zero-order chi connectivity index (χ0) is 19.3. The van der Waals surface area contributed by atoms with Crippen LogP contribution in [0.3, 0.4) is 0 Å². The molecule has 1 aromatic heterocycles. The van der Waals surface area contributed by atoms with Gasteiger partial charge in [-0.1, -0.05) is 35.9 Å². The maximum absolute atomic E-state index is 12.5. The second-order valence-corrected chi connectivity index (χ2v) is 6.67. The van der Waals surface area contributed by atoms with E-state index in [1.807, 2.05) is 58.1 Å². The van der Waals surface area contributed by atoms with Crippen molar-refractivity contribution in [3.05, 3.63) is 73.7 Å². The normalized spacial score (nSPS) is 12.0. The molecule has 0 unspecified atom stereocenters. The minimum absolute atomic E-state index is 0.212. The minimum atomic E-state index is -0.212. The Kier molecular flexibility index (Phi) is 6.70. The third-order valence-corrected chi connectivity index (χ3v) is 4.89. The van der Waals surface area contributed by atoms with E-state index in [-0.39, 0.29) is 5.56 Å². The third kappa shape index (κ3) is 4.20. The first-order chi connectivity index (χ1) is 12.4. The predicted octanol–water partition coefficient (Wildman–Crippen LogP) is 5.10. The lowest BCUT2D eigenvalue weighted by molar-refractivity contribution is 0.926. The topological polar surface area (TPSA) is 69.6 Å². The van der Waals surface area contributed by atoms with Gasteiger partial charge in [0.05, 0.1) is 11.3 Å². The summed E-state index contributed by atoms with van der Waals surface area (Å²) < 4.78 is 0. The number of halogens is 1. The molecule has 0 atom stereocenters. The molecule has 0 amide bonds. The van der Waals surface area contributed by atoms with Gasteiger partial charge in [0.15, 0.2) is 0 Å². The monoisotopic (exact) mass is 369 g/mol. The summed E-state index contributed by atoms with van der Waals surface area (Å²) in [6, 6.07) is 3.80. The van der Waals surface area contributed by atoms with E-state index in [9.17, 15) is 4.79 Å². The summed E-state index contributed by atoms with van der Waals surface area (Å²) in [6.45, 7) is 7.71. The van der Waals surface area contributed by atoms with Crippen molar-refractivity contribution in [1.29, 1.82) is 5.41 Å². The molecule has 1 aromatic carbocycles. The van der Waals surface area contributed by atoms with Crippen LogP contribution in [0.2, 0.25) is 5.02 Å². The molecule has 1 heterocycles. The molecular weight excluding hydrogens is 346 g/mol. The zero-order valence-electron chi connectivity index (χ0n) is 15.6. The summed E-state index contributed by atoms with van der Waals surface area (Å²) in [4.78, 5) is 12.5. The van der Waals surface area contributed by atoms with Gasteiger partial charge in [0.25, 0.3) is 5.56 Å². The first kappa shape index (κ1) is 19.9. The summed E-state index contributed by atoms with van der Waals surface area (Å²) in [7, 11) is 0. The molecule has 0 saturated heterocycles. The van der Waals surface area contributed by atoms with Crippen molar-refractivity contribution in [3.63, 3.8) is 0 Å². The van der Waals surface area contributed by atoms with Gasteiger partial charge in [-0.2, -0.15) is 5.10 Å². The van der Waals surface area contributed by atoms with Crippen LogP contribution in [0.1, 0.15) is 35.7 Å². The highest BCUT2D eigenvalue weighted by Crippen LogP contribution is 2.34. The zero-order valence-corrected chi connectivity index (χ0v) is 16.4. The summed E-state index contributed by atoms with van der Waals surface area (Å²) >= 11 is 6.51. The summed E-state index contributed by atoms with van der Waals surface area (Å²) in [5, 5.41) is 14.9. The molecule has 0 saturated carbocycles. The van der Waals surface area contributed by atoms with Gasteiger partial charge in [0.1, 0.15) is 0 Å². The lowest BCUT2D eigenvalue weighted by atomic mass is 9.90. The van der Waals surface area contributed by atoms with Crippen LogP contribution in [-0.2, 0) is 6.42 Å². The number of nitrogens with one attached hydrogen (secondary N) is 2. The first-order valence-electron chi connectivity index (χ1n) is 8.57. The quantitative estimate of drug-likeness (QED) is 0.549. The Morgan fingerprint density at radius 1 is 1.27 bits per heavy atom. The maximum Gasteiger partial charge on any atom is 0.272 e. The van der Waals surface area contributed by atoms with E-state index in [4.69, 9.17) is 17.0 Å². The number of aromatic nitrogens is 2. The highest BCUT2D eigenvalue weighted by atomic mass is 35.5. The molecule has 0 spiro atoms. The largest absolute Gasteiger partial charge is 0.308 e. The number of benzene rings is 1. The minimum Gasteiger partial charge on any atom is -0.308 e. The standard InChI is InChI=1S/C21H24ClN3O/c1-5-6-7-16(12-23)9-10-17-18(22)11-8-13(2)19(17)20-14(3)15(4)24-25-21(20)26/h5-8,11-12,23H,9-10H2,1-4H3,(H,25,26)/b6-5-,16-7-,23-12?. The van der Waals surface area contributed by atoms with Crippen molar-refractivity contribution < 1.29 is 0 Å². The van der Waals surface area contributed by atoms with Crippen molar-refractivity contribution in [1.82, 2.24) is 10.2 Å². The molecule has 4 nitrogen and oxygen atoms in total. The van der Waals surface area contributed by atoms with Crippen molar-refractivity contribution in [3.8, 4) is 11.1 Å². The average molecular weight is 370 g/mol. The van der Waals surface area contributed by atoms with E-state index < -0.39 is 0 Å². The molecule has 0 aliphatic heterocycles. The fourth-order valence-electron chi connectivity index (χ4n) is 2.95. The number of rotatable bonds is 6.